The second kappa shape index (κ2) is 7.66. The van der Waals surface area contributed by atoms with Crippen LogP contribution in [0.5, 0.6) is 0 Å². The van der Waals surface area contributed by atoms with Crippen LogP contribution in [0, 0.1) is 6.92 Å². The summed E-state index contributed by atoms with van der Waals surface area (Å²) in [4.78, 5) is 7.37. The first-order chi connectivity index (χ1) is 10.1. The van der Waals surface area contributed by atoms with Gasteiger partial charge < -0.3 is 20.4 Å². The summed E-state index contributed by atoms with van der Waals surface area (Å²) >= 11 is 0. The van der Waals surface area contributed by atoms with Gasteiger partial charge in [0, 0.05) is 31.0 Å². The van der Waals surface area contributed by atoms with Crippen LogP contribution < -0.4 is 10.6 Å². The lowest BCUT2D eigenvalue weighted by molar-refractivity contribution is 0.270. The highest BCUT2D eigenvalue weighted by molar-refractivity contribution is 5.58. The Labute approximate surface area is 129 Å². The van der Waals surface area contributed by atoms with Crippen LogP contribution in [0.4, 0.5) is 11.4 Å². The minimum Gasteiger partial charge on any atom is -0.399 e. The molecule has 0 unspecified atom stereocenters. The van der Waals surface area contributed by atoms with Crippen LogP contribution >= 0.6 is 0 Å². The van der Waals surface area contributed by atoms with E-state index >= 15 is 0 Å². The molecule has 1 aliphatic rings. The van der Waals surface area contributed by atoms with Crippen LogP contribution in [0.25, 0.3) is 0 Å². The third-order valence-electron chi connectivity index (χ3n) is 4.29. The monoisotopic (exact) mass is 290 g/mol. The van der Waals surface area contributed by atoms with E-state index in [-0.39, 0.29) is 0 Å². The van der Waals surface area contributed by atoms with Gasteiger partial charge in [-0.15, -0.1) is 0 Å². The Hall–Kier alpha value is -1.26. The highest BCUT2D eigenvalue weighted by Crippen LogP contribution is 2.21. The number of anilines is 2. The molecule has 4 heteroatoms. The Morgan fingerprint density at radius 2 is 1.95 bits per heavy atom. The first-order valence-corrected chi connectivity index (χ1v) is 8.04. The number of hydrogen-bond donors (Lipinski definition) is 1. The van der Waals surface area contributed by atoms with Crippen LogP contribution in [0.3, 0.4) is 0 Å². The number of nitrogens with zero attached hydrogens (tertiary/aromatic N) is 3. The zero-order valence-corrected chi connectivity index (χ0v) is 13.8. The zero-order chi connectivity index (χ0) is 15.2. The molecular formula is C17H30N4. The molecule has 0 aliphatic carbocycles. The van der Waals surface area contributed by atoms with Gasteiger partial charge in [0.2, 0.25) is 0 Å². The Bertz CT molecular complexity index is 444. The summed E-state index contributed by atoms with van der Waals surface area (Å²) in [6.07, 6.45) is 2.50. The summed E-state index contributed by atoms with van der Waals surface area (Å²) in [6, 6.07) is 6.41. The van der Waals surface area contributed by atoms with Crippen molar-refractivity contribution in [1.29, 1.82) is 0 Å². The average molecular weight is 290 g/mol. The maximum absolute atomic E-state index is 5.92. The lowest BCUT2D eigenvalue weighted by Gasteiger charge is -2.24. The van der Waals surface area contributed by atoms with E-state index in [1.165, 1.54) is 43.7 Å². The molecule has 0 aromatic heterocycles. The second-order valence-corrected chi connectivity index (χ2v) is 6.38. The molecule has 0 atom stereocenters. The normalized spacial score (nSPS) is 17.2. The fourth-order valence-corrected chi connectivity index (χ4v) is 2.92. The molecule has 2 N–H and O–H groups in total. The molecule has 1 heterocycles. The number of rotatable bonds is 5. The molecular weight excluding hydrogens is 260 g/mol. The van der Waals surface area contributed by atoms with Gasteiger partial charge in [-0.3, -0.25) is 0 Å². The minimum atomic E-state index is 0.888. The van der Waals surface area contributed by atoms with E-state index in [4.69, 9.17) is 5.73 Å². The quantitative estimate of drug-likeness (QED) is 0.842. The standard InChI is InChI=1S/C17H30N4/c1-15-14-16(6-7-17(15)18)21-11-5-10-20(12-13-21)9-4-8-19(2)3/h6-7,14H,4-5,8-13,18H2,1-3H3. The summed E-state index contributed by atoms with van der Waals surface area (Å²) in [5.41, 5.74) is 9.30. The van der Waals surface area contributed by atoms with Gasteiger partial charge in [0.25, 0.3) is 0 Å². The Morgan fingerprint density at radius 3 is 2.67 bits per heavy atom. The molecule has 21 heavy (non-hydrogen) atoms. The van der Waals surface area contributed by atoms with Crippen LogP contribution in [-0.4, -0.2) is 63.2 Å². The molecule has 118 valence electrons. The molecule has 0 saturated carbocycles. The number of hydrogen-bond acceptors (Lipinski definition) is 4. The summed E-state index contributed by atoms with van der Waals surface area (Å²) in [7, 11) is 4.29. The van der Waals surface area contributed by atoms with E-state index in [1.54, 1.807) is 0 Å². The number of nitrogen functional groups attached to an aromatic ring is 1. The predicted molar refractivity (Wildman–Crippen MR) is 92.0 cm³/mol. The number of benzene rings is 1. The molecule has 0 spiro atoms. The van der Waals surface area contributed by atoms with Crippen LogP contribution in [0.1, 0.15) is 18.4 Å². The van der Waals surface area contributed by atoms with Crippen molar-refractivity contribution in [2.45, 2.75) is 19.8 Å². The summed E-state index contributed by atoms with van der Waals surface area (Å²) in [6.45, 7) is 9.13. The first kappa shape index (κ1) is 16.1. The third kappa shape index (κ3) is 4.90. The van der Waals surface area contributed by atoms with Crippen LogP contribution in [-0.2, 0) is 0 Å². The van der Waals surface area contributed by atoms with Crippen molar-refractivity contribution in [3.63, 3.8) is 0 Å². The van der Waals surface area contributed by atoms with Gasteiger partial charge in [-0.1, -0.05) is 0 Å². The van der Waals surface area contributed by atoms with E-state index in [2.05, 4.69) is 47.9 Å². The van der Waals surface area contributed by atoms with Crippen LogP contribution in [0.2, 0.25) is 0 Å². The Morgan fingerprint density at radius 1 is 1.14 bits per heavy atom. The van der Waals surface area contributed by atoms with Gasteiger partial charge in [-0.05, 0) is 77.3 Å². The third-order valence-corrected chi connectivity index (χ3v) is 4.29. The zero-order valence-electron chi connectivity index (χ0n) is 13.8. The summed E-state index contributed by atoms with van der Waals surface area (Å²) < 4.78 is 0. The fraction of sp³-hybridized carbons (Fsp3) is 0.647. The first-order valence-electron chi connectivity index (χ1n) is 8.04. The molecule has 1 aliphatic heterocycles. The molecule has 0 radical (unpaired) electrons. The van der Waals surface area contributed by atoms with Crippen molar-refractivity contribution in [2.75, 3.05) is 64.0 Å². The van der Waals surface area contributed by atoms with Crippen molar-refractivity contribution >= 4 is 11.4 Å². The van der Waals surface area contributed by atoms with Crippen molar-refractivity contribution in [3.8, 4) is 0 Å². The van der Waals surface area contributed by atoms with E-state index in [1.807, 2.05) is 6.07 Å². The van der Waals surface area contributed by atoms with Crippen molar-refractivity contribution in [2.24, 2.45) is 0 Å². The Kier molecular flexibility index (Phi) is 5.88. The lowest BCUT2D eigenvalue weighted by atomic mass is 10.1. The van der Waals surface area contributed by atoms with E-state index in [9.17, 15) is 0 Å². The predicted octanol–water partition coefficient (Wildman–Crippen LogP) is 2.04. The van der Waals surface area contributed by atoms with Gasteiger partial charge in [0.1, 0.15) is 0 Å². The maximum atomic E-state index is 5.92. The molecule has 4 nitrogen and oxygen atoms in total. The van der Waals surface area contributed by atoms with Gasteiger partial charge in [-0.25, -0.2) is 0 Å². The molecule has 1 aromatic rings. The summed E-state index contributed by atoms with van der Waals surface area (Å²) in [5, 5.41) is 0. The fourth-order valence-electron chi connectivity index (χ4n) is 2.92. The van der Waals surface area contributed by atoms with E-state index in [0.29, 0.717) is 0 Å². The van der Waals surface area contributed by atoms with Crippen molar-refractivity contribution in [1.82, 2.24) is 9.80 Å². The summed E-state index contributed by atoms with van der Waals surface area (Å²) in [5.74, 6) is 0. The Balaban J connectivity index is 1.86. The van der Waals surface area contributed by atoms with E-state index < -0.39 is 0 Å². The molecule has 1 saturated heterocycles. The second-order valence-electron chi connectivity index (χ2n) is 6.38. The van der Waals surface area contributed by atoms with Crippen LogP contribution in [0.15, 0.2) is 18.2 Å². The topological polar surface area (TPSA) is 35.7 Å². The van der Waals surface area contributed by atoms with E-state index in [0.717, 1.165) is 25.3 Å². The molecule has 0 bridgehead atoms. The highest BCUT2D eigenvalue weighted by atomic mass is 15.2. The average Bonchev–Trinajstić information content (AvgIpc) is 2.67. The van der Waals surface area contributed by atoms with Crippen molar-refractivity contribution < 1.29 is 0 Å². The maximum Gasteiger partial charge on any atom is 0.0370 e. The smallest absolute Gasteiger partial charge is 0.0370 e. The number of nitrogens with two attached hydrogens (primary N) is 1. The molecule has 2 rings (SSSR count). The SMILES string of the molecule is Cc1cc(N2CCCN(CCCN(C)C)CC2)ccc1N. The largest absolute Gasteiger partial charge is 0.399 e. The molecule has 1 fully saturated rings. The van der Waals surface area contributed by atoms with Gasteiger partial charge >= 0.3 is 0 Å². The van der Waals surface area contributed by atoms with Gasteiger partial charge in [0.15, 0.2) is 0 Å². The highest BCUT2D eigenvalue weighted by Gasteiger charge is 2.15. The van der Waals surface area contributed by atoms with Crippen molar-refractivity contribution in [3.05, 3.63) is 23.8 Å². The number of aryl methyl sites for hydroxylation is 1. The van der Waals surface area contributed by atoms with Gasteiger partial charge in [0.05, 0.1) is 0 Å². The minimum absolute atomic E-state index is 0.888. The lowest BCUT2D eigenvalue weighted by Crippen LogP contribution is -2.32. The molecule has 0 amide bonds. The van der Waals surface area contributed by atoms with Gasteiger partial charge in [-0.2, -0.15) is 0 Å². The molecule has 1 aromatic carbocycles.